The summed E-state index contributed by atoms with van der Waals surface area (Å²) in [6.45, 7) is 0. The molecule has 0 radical (unpaired) electrons. The van der Waals surface area contributed by atoms with Crippen molar-refractivity contribution in [2.45, 2.75) is 12.1 Å². The second-order valence-corrected chi connectivity index (χ2v) is 8.14. The van der Waals surface area contributed by atoms with Crippen LogP contribution in [0.15, 0.2) is 84.7 Å². The van der Waals surface area contributed by atoms with Crippen molar-refractivity contribution in [2.75, 3.05) is 12.4 Å². The van der Waals surface area contributed by atoms with Crippen LogP contribution in [0, 0.1) is 0 Å². The molecular formula is C25H19ClN4O2. The quantitative estimate of drug-likeness (QED) is 0.454. The van der Waals surface area contributed by atoms with Crippen molar-refractivity contribution in [3.8, 4) is 11.5 Å². The number of nitrogens with zero attached hydrogens (tertiary/aromatic N) is 3. The third kappa shape index (κ3) is 2.95. The second kappa shape index (κ2) is 7.43. The van der Waals surface area contributed by atoms with Crippen molar-refractivity contribution < 1.29 is 9.47 Å². The highest BCUT2D eigenvalue weighted by molar-refractivity contribution is 6.30. The lowest BCUT2D eigenvalue weighted by Crippen LogP contribution is -2.32. The topological polar surface area (TPSA) is 61.2 Å². The molecule has 0 fully saturated rings. The summed E-state index contributed by atoms with van der Waals surface area (Å²) in [5.74, 6) is 2.24. The van der Waals surface area contributed by atoms with Crippen LogP contribution in [0.2, 0.25) is 5.02 Å². The first-order valence-corrected chi connectivity index (χ1v) is 10.7. The molecule has 0 saturated carbocycles. The number of benzene rings is 3. The van der Waals surface area contributed by atoms with Gasteiger partial charge in [-0.25, -0.2) is 4.68 Å². The summed E-state index contributed by atoms with van der Waals surface area (Å²) in [6.07, 6.45) is 1.26. The van der Waals surface area contributed by atoms with E-state index in [2.05, 4.69) is 39.7 Å². The molecule has 0 spiro atoms. The van der Waals surface area contributed by atoms with E-state index in [0.29, 0.717) is 11.0 Å². The van der Waals surface area contributed by atoms with E-state index < -0.39 is 0 Å². The molecule has 6 rings (SSSR count). The lowest BCUT2D eigenvalue weighted by molar-refractivity contribution is 0.223. The maximum absolute atomic E-state index is 6.59. The van der Waals surface area contributed by atoms with Gasteiger partial charge in [-0.05, 0) is 41.5 Å². The molecule has 3 aromatic carbocycles. The minimum Gasteiger partial charge on any atom is -0.497 e. The minimum atomic E-state index is -0.308. The van der Waals surface area contributed by atoms with Crippen molar-refractivity contribution in [1.82, 2.24) is 14.8 Å². The van der Waals surface area contributed by atoms with E-state index >= 15 is 0 Å². The van der Waals surface area contributed by atoms with E-state index in [1.165, 1.54) is 0 Å². The van der Waals surface area contributed by atoms with Crippen molar-refractivity contribution >= 4 is 23.2 Å². The molecule has 1 N–H and O–H groups in total. The Morgan fingerprint density at radius 1 is 1.00 bits per heavy atom. The van der Waals surface area contributed by atoms with Gasteiger partial charge in [0.15, 0.2) is 0 Å². The van der Waals surface area contributed by atoms with Crippen LogP contribution < -0.4 is 14.8 Å². The fourth-order valence-electron chi connectivity index (χ4n) is 4.45. The Labute approximate surface area is 190 Å². The number of ether oxygens (including phenoxy) is 2. The Hall–Kier alpha value is -3.77. The highest BCUT2D eigenvalue weighted by atomic mass is 35.5. The standard InChI is InChI=1S/C25H19ClN4O2/c1-31-18-10-7-15(8-11-18)23-21-22(29-25-27-14-28-30(23)25)19-13-17(26)9-12-20(19)32-24(21)16-5-3-2-4-6-16/h2-14,23-24H,1H3,(H,27,28,29)/t23-,24+/m1/s1. The lowest BCUT2D eigenvalue weighted by atomic mass is 9.84. The molecule has 3 heterocycles. The summed E-state index contributed by atoms with van der Waals surface area (Å²) in [6, 6.07) is 23.7. The second-order valence-electron chi connectivity index (χ2n) is 7.71. The van der Waals surface area contributed by atoms with Crippen LogP contribution in [0.5, 0.6) is 11.5 Å². The van der Waals surface area contributed by atoms with E-state index in [0.717, 1.165) is 39.5 Å². The number of nitrogens with one attached hydrogen (secondary N) is 1. The van der Waals surface area contributed by atoms with Gasteiger partial charge in [-0.15, -0.1) is 0 Å². The van der Waals surface area contributed by atoms with Gasteiger partial charge >= 0.3 is 0 Å². The molecule has 7 heteroatoms. The zero-order chi connectivity index (χ0) is 21.7. The number of methoxy groups -OCH3 is 1. The number of hydrogen-bond acceptors (Lipinski definition) is 5. The summed E-state index contributed by atoms with van der Waals surface area (Å²) >= 11 is 6.37. The van der Waals surface area contributed by atoms with Gasteiger partial charge in [-0.3, -0.25) is 0 Å². The Kier molecular flexibility index (Phi) is 4.40. The fourth-order valence-corrected chi connectivity index (χ4v) is 4.62. The largest absolute Gasteiger partial charge is 0.497 e. The van der Waals surface area contributed by atoms with E-state index in [-0.39, 0.29) is 12.1 Å². The van der Waals surface area contributed by atoms with Gasteiger partial charge in [-0.2, -0.15) is 10.1 Å². The van der Waals surface area contributed by atoms with E-state index in [4.69, 9.17) is 21.1 Å². The zero-order valence-corrected chi connectivity index (χ0v) is 18.0. The van der Waals surface area contributed by atoms with Crippen LogP contribution in [0.25, 0.3) is 5.70 Å². The van der Waals surface area contributed by atoms with E-state index in [1.54, 1.807) is 13.4 Å². The molecular weight excluding hydrogens is 424 g/mol. The highest BCUT2D eigenvalue weighted by Gasteiger charge is 2.40. The van der Waals surface area contributed by atoms with Crippen molar-refractivity contribution in [1.29, 1.82) is 0 Å². The fraction of sp³-hybridized carbons (Fsp3) is 0.120. The number of rotatable bonds is 3. The van der Waals surface area contributed by atoms with E-state index in [1.807, 2.05) is 53.2 Å². The Bertz CT molecular complexity index is 1330. The van der Waals surface area contributed by atoms with Gasteiger partial charge in [-0.1, -0.05) is 54.1 Å². The highest BCUT2D eigenvalue weighted by Crippen LogP contribution is 2.51. The number of fused-ring (bicyclic) bond motifs is 3. The van der Waals surface area contributed by atoms with Crippen molar-refractivity contribution in [2.24, 2.45) is 0 Å². The third-order valence-electron chi connectivity index (χ3n) is 5.91. The summed E-state index contributed by atoms with van der Waals surface area (Å²) in [7, 11) is 1.66. The molecule has 2 aliphatic heterocycles. The average Bonchev–Trinajstić information content (AvgIpc) is 3.31. The number of hydrogen-bond donors (Lipinski definition) is 1. The lowest BCUT2D eigenvalue weighted by Gasteiger charge is -2.39. The van der Waals surface area contributed by atoms with Crippen molar-refractivity contribution in [3.63, 3.8) is 0 Å². The van der Waals surface area contributed by atoms with E-state index in [9.17, 15) is 0 Å². The molecule has 0 aliphatic carbocycles. The predicted molar refractivity (Wildman–Crippen MR) is 123 cm³/mol. The first-order valence-electron chi connectivity index (χ1n) is 10.3. The summed E-state index contributed by atoms with van der Waals surface area (Å²) in [5.41, 5.74) is 5.02. The van der Waals surface area contributed by atoms with Gasteiger partial charge in [0.2, 0.25) is 5.95 Å². The predicted octanol–water partition coefficient (Wildman–Crippen LogP) is 5.50. The molecule has 4 aromatic rings. The Morgan fingerprint density at radius 2 is 1.81 bits per heavy atom. The molecule has 2 aliphatic rings. The molecule has 2 atom stereocenters. The van der Waals surface area contributed by atoms with Gasteiger partial charge in [0.05, 0.1) is 12.8 Å². The maximum Gasteiger partial charge on any atom is 0.226 e. The monoisotopic (exact) mass is 442 g/mol. The molecule has 0 amide bonds. The molecule has 0 unspecified atom stereocenters. The number of halogens is 1. The van der Waals surface area contributed by atoms with Crippen LogP contribution in [0.4, 0.5) is 5.95 Å². The van der Waals surface area contributed by atoms with Gasteiger partial charge in [0, 0.05) is 16.2 Å². The van der Waals surface area contributed by atoms with Gasteiger partial charge < -0.3 is 14.8 Å². The van der Waals surface area contributed by atoms with Crippen LogP contribution in [-0.2, 0) is 0 Å². The van der Waals surface area contributed by atoms with Crippen LogP contribution in [-0.4, -0.2) is 21.9 Å². The molecule has 32 heavy (non-hydrogen) atoms. The van der Waals surface area contributed by atoms with Crippen LogP contribution in [0.1, 0.15) is 28.8 Å². The number of anilines is 1. The molecule has 1 aromatic heterocycles. The average molecular weight is 443 g/mol. The summed E-state index contributed by atoms with van der Waals surface area (Å²) in [5, 5.41) is 8.68. The third-order valence-corrected chi connectivity index (χ3v) is 6.14. The first-order chi connectivity index (χ1) is 15.7. The Balaban J connectivity index is 1.62. The molecule has 6 nitrogen and oxygen atoms in total. The van der Waals surface area contributed by atoms with Gasteiger partial charge in [0.1, 0.15) is 30.0 Å². The van der Waals surface area contributed by atoms with Gasteiger partial charge in [0.25, 0.3) is 0 Å². The SMILES string of the molecule is COc1ccc([C@@H]2C3=C(Nc4ncnn42)c2cc(Cl)ccc2O[C@H]3c2ccccc2)cc1. The molecule has 0 saturated heterocycles. The molecule has 158 valence electrons. The Morgan fingerprint density at radius 3 is 2.59 bits per heavy atom. The smallest absolute Gasteiger partial charge is 0.226 e. The van der Waals surface area contributed by atoms with Crippen LogP contribution in [0.3, 0.4) is 0 Å². The zero-order valence-electron chi connectivity index (χ0n) is 17.2. The first kappa shape index (κ1) is 19.0. The maximum atomic E-state index is 6.59. The number of aromatic nitrogens is 3. The molecule has 0 bridgehead atoms. The normalized spacial score (nSPS) is 18.7. The summed E-state index contributed by atoms with van der Waals surface area (Å²) < 4.78 is 13.9. The summed E-state index contributed by atoms with van der Waals surface area (Å²) in [4.78, 5) is 4.46. The van der Waals surface area contributed by atoms with Crippen LogP contribution >= 0.6 is 11.6 Å². The van der Waals surface area contributed by atoms with Crippen molar-refractivity contribution in [3.05, 3.63) is 106 Å². The minimum absolute atomic E-state index is 0.216.